The Labute approximate surface area is 74.7 Å². The maximum absolute atomic E-state index is 11.6. The van der Waals surface area contributed by atoms with Crippen LogP contribution in [0.2, 0.25) is 0 Å². The van der Waals surface area contributed by atoms with Crippen LogP contribution < -0.4 is 5.32 Å². The second kappa shape index (κ2) is 4.61. The van der Waals surface area contributed by atoms with Crippen LogP contribution in [0.5, 0.6) is 0 Å². The van der Waals surface area contributed by atoms with Gasteiger partial charge in [0.25, 0.3) is 0 Å². The highest BCUT2D eigenvalue weighted by Gasteiger charge is 2.28. The van der Waals surface area contributed by atoms with Crippen LogP contribution >= 0.6 is 0 Å². The van der Waals surface area contributed by atoms with Crippen molar-refractivity contribution >= 4 is 5.78 Å². The minimum absolute atomic E-state index is 0.302. The van der Waals surface area contributed by atoms with Crippen LogP contribution in [-0.4, -0.2) is 18.9 Å². The van der Waals surface area contributed by atoms with Gasteiger partial charge in [0.2, 0.25) is 0 Å². The van der Waals surface area contributed by atoms with Crippen LogP contribution in [0.15, 0.2) is 0 Å². The zero-order valence-electron chi connectivity index (χ0n) is 8.10. The third-order valence-corrected chi connectivity index (χ3v) is 2.71. The quantitative estimate of drug-likeness (QED) is 0.692. The van der Waals surface area contributed by atoms with Gasteiger partial charge in [0, 0.05) is 18.9 Å². The van der Waals surface area contributed by atoms with Gasteiger partial charge in [0.1, 0.15) is 5.78 Å². The molecule has 2 nitrogen and oxygen atoms in total. The van der Waals surface area contributed by atoms with Crippen molar-refractivity contribution in [3.8, 4) is 0 Å². The number of carbonyl (C=O) groups excluding carboxylic acids is 1. The molecular weight excluding hydrogens is 150 g/mol. The molecule has 2 unspecified atom stereocenters. The van der Waals surface area contributed by atoms with Crippen molar-refractivity contribution in [2.75, 3.05) is 13.1 Å². The molecule has 2 heteroatoms. The number of rotatable bonds is 4. The first-order chi connectivity index (χ1) is 5.75. The van der Waals surface area contributed by atoms with Crippen molar-refractivity contribution in [1.82, 2.24) is 5.32 Å². The van der Waals surface area contributed by atoms with Crippen molar-refractivity contribution in [2.45, 2.75) is 33.1 Å². The van der Waals surface area contributed by atoms with E-state index in [1.54, 1.807) is 0 Å². The van der Waals surface area contributed by atoms with Crippen LogP contribution in [-0.2, 0) is 4.79 Å². The van der Waals surface area contributed by atoms with Gasteiger partial charge in [-0.3, -0.25) is 4.79 Å². The molecule has 1 saturated heterocycles. The van der Waals surface area contributed by atoms with Gasteiger partial charge < -0.3 is 5.32 Å². The third kappa shape index (κ3) is 2.31. The van der Waals surface area contributed by atoms with Crippen LogP contribution in [0.3, 0.4) is 0 Å². The molecule has 0 amide bonds. The highest BCUT2D eigenvalue weighted by Crippen LogP contribution is 2.19. The summed E-state index contributed by atoms with van der Waals surface area (Å²) in [6, 6.07) is 0. The lowest BCUT2D eigenvalue weighted by Crippen LogP contribution is -2.20. The molecule has 70 valence electrons. The lowest BCUT2D eigenvalue weighted by Gasteiger charge is -2.11. The number of hydrogen-bond donors (Lipinski definition) is 1. The maximum Gasteiger partial charge on any atom is 0.137 e. The lowest BCUT2D eigenvalue weighted by molar-refractivity contribution is -0.123. The number of ketones is 1. The Morgan fingerprint density at radius 1 is 1.50 bits per heavy atom. The van der Waals surface area contributed by atoms with E-state index in [9.17, 15) is 4.79 Å². The van der Waals surface area contributed by atoms with E-state index < -0.39 is 0 Å². The van der Waals surface area contributed by atoms with Crippen molar-refractivity contribution in [2.24, 2.45) is 11.8 Å². The van der Waals surface area contributed by atoms with Crippen molar-refractivity contribution in [1.29, 1.82) is 0 Å². The molecule has 0 aromatic heterocycles. The van der Waals surface area contributed by atoms with Gasteiger partial charge in [-0.15, -0.1) is 0 Å². The molecule has 0 aromatic carbocycles. The molecule has 0 saturated carbocycles. The van der Waals surface area contributed by atoms with Gasteiger partial charge >= 0.3 is 0 Å². The summed E-state index contributed by atoms with van der Waals surface area (Å²) < 4.78 is 0. The molecular formula is C10H19NO. The first-order valence-corrected chi connectivity index (χ1v) is 4.99. The standard InChI is InChI=1S/C10H19NO/c1-3-4-5-10(12)9-7-11-6-8(9)2/h8-9,11H,3-7H2,1-2H3. The Morgan fingerprint density at radius 2 is 2.25 bits per heavy atom. The number of Topliss-reactive ketones (excluding diaryl/α,β-unsaturated/α-hetero) is 1. The predicted octanol–water partition coefficient (Wildman–Crippen LogP) is 1.60. The Hall–Kier alpha value is -0.370. The van der Waals surface area contributed by atoms with E-state index in [2.05, 4.69) is 19.2 Å². The van der Waals surface area contributed by atoms with E-state index >= 15 is 0 Å². The summed E-state index contributed by atoms with van der Waals surface area (Å²) in [5, 5.41) is 3.26. The summed E-state index contributed by atoms with van der Waals surface area (Å²) in [5.74, 6) is 1.32. The smallest absolute Gasteiger partial charge is 0.137 e. The summed E-state index contributed by atoms with van der Waals surface area (Å²) in [5.41, 5.74) is 0. The van der Waals surface area contributed by atoms with Crippen LogP contribution in [0.4, 0.5) is 0 Å². The SMILES string of the molecule is CCCCC(=O)C1CNCC1C. The largest absolute Gasteiger partial charge is 0.316 e. The predicted molar refractivity (Wildman–Crippen MR) is 50.1 cm³/mol. The van der Waals surface area contributed by atoms with E-state index in [-0.39, 0.29) is 0 Å². The molecule has 0 aliphatic carbocycles. The molecule has 1 heterocycles. The summed E-state index contributed by atoms with van der Waals surface area (Å²) in [7, 11) is 0. The van der Waals surface area contributed by atoms with Crippen LogP contribution in [0.1, 0.15) is 33.1 Å². The lowest BCUT2D eigenvalue weighted by atomic mass is 9.91. The van der Waals surface area contributed by atoms with E-state index in [1.165, 1.54) is 0 Å². The Balaban J connectivity index is 2.30. The van der Waals surface area contributed by atoms with Gasteiger partial charge in [-0.25, -0.2) is 0 Å². The van der Waals surface area contributed by atoms with E-state index in [4.69, 9.17) is 0 Å². The van der Waals surface area contributed by atoms with E-state index in [1.807, 2.05) is 0 Å². The summed E-state index contributed by atoms with van der Waals surface area (Å²) in [6.07, 6.45) is 2.97. The summed E-state index contributed by atoms with van der Waals surface area (Å²) in [6.45, 7) is 6.21. The van der Waals surface area contributed by atoms with Crippen LogP contribution in [0, 0.1) is 11.8 Å². The number of hydrogen-bond acceptors (Lipinski definition) is 2. The van der Waals surface area contributed by atoms with Gasteiger partial charge in [0.05, 0.1) is 0 Å². The fraction of sp³-hybridized carbons (Fsp3) is 0.900. The topological polar surface area (TPSA) is 29.1 Å². The monoisotopic (exact) mass is 169 g/mol. The molecule has 1 aliphatic heterocycles. The highest BCUT2D eigenvalue weighted by molar-refractivity contribution is 5.81. The zero-order valence-corrected chi connectivity index (χ0v) is 8.10. The fourth-order valence-electron chi connectivity index (χ4n) is 1.78. The van der Waals surface area contributed by atoms with Gasteiger partial charge in [-0.05, 0) is 18.9 Å². The Bertz CT molecular complexity index is 156. The molecule has 0 radical (unpaired) electrons. The van der Waals surface area contributed by atoms with Gasteiger partial charge in [0.15, 0.2) is 0 Å². The van der Waals surface area contributed by atoms with Gasteiger partial charge in [-0.1, -0.05) is 20.3 Å². The maximum atomic E-state index is 11.6. The number of unbranched alkanes of at least 4 members (excludes halogenated alkanes) is 1. The number of carbonyl (C=O) groups is 1. The molecule has 12 heavy (non-hydrogen) atoms. The average Bonchev–Trinajstić information content (AvgIpc) is 2.47. The normalized spacial score (nSPS) is 29.2. The third-order valence-electron chi connectivity index (χ3n) is 2.71. The second-order valence-electron chi connectivity index (χ2n) is 3.81. The van der Waals surface area contributed by atoms with Crippen molar-refractivity contribution in [3.05, 3.63) is 0 Å². The average molecular weight is 169 g/mol. The Kier molecular flexibility index (Phi) is 3.73. The minimum atomic E-state index is 0.302. The first kappa shape index (κ1) is 9.72. The highest BCUT2D eigenvalue weighted by atomic mass is 16.1. The van der Waals surface area contributed by atoms with Crippen molar-refractivity contribution < 1.29 is 4.79 Å². The molecule has 0 spiro atoms. The fourth-order valence-corrected chi connectivity index (χ4v) is 1.78. The van der Waals surface area contributed by atoms with Gasteiger partial charge in [-0.2, -0.15) is 0 Å². The minimum Gasteiger partial charge on any atom is -0.316 e. The molecule has 0 bridgehead atoms. The van der Waals surface area contributed by atoms with E-state index in [0.29, 0.717) is 17.6 Å². The molecule has 2 atom stereocenters. The first-order valence-electron chi connectivity index (χ1n) is 4.99. The number of nitrogens with one attached hydrogen (secondary N) is 1. The Morgan fingerprint density at radius 3 is 2.75 bits per heavy atom. The molecule has 1 N–H and O–H groups in total. The summed E-state index contributed by atoms with van der Waals surface area (Å²) >= 11 is 0. The zero-order chi connectivity index (χ0) is 8.97. The molecule has 1 fully saturated rings. The molecule has 0 aromatic rings. The van der Waals surface area contributed by atoms with E-state index in [0.717, 1.165) is 32.4 Å². The molecule has 1 rings (SSSR count). The second-order valence-corrected chi connectivity index (χ2v) is 3.81. The summed E-state index contributed by atoms with van der Waals surface area (Å²) in [4.78, 5) is 11.6. The van der Waals surface area contributed by atoms with Crippen LogP contribution in [0.25, 0.3) is 0 Å². The van der Waals surface area contributed by atoms with Crippen molar-refractivity contribution in [3.63, 3.8) is 0 Å². The molecule has 1 aliphatic rings.